The zero-order chi connectivity index (χ0) is 15.9. The van der Waals surface area contributed by atoms with E-state index < -0.39 is 5.54 Å². The molecule has 6 heteroatoms. The first-order chi connectivity index (χ1) is 11.2. The fraction of sp³-hybridized carbons (Fsp3) is 0.412. The molecule has 1 saturated carbocycles. The normalized spacial score (nSPS) is 18.5. The van der Waals surface area contributed by atoms with E-state index >= 15 is 0 Å². The van der Waals surface area contributed by atoms with Gasteiger partial charge in [-0.15, -0.1) is 11.3 Å². The molecule has 0 bridgehead atoms. The van der Waals surface area contributed by atoms with Crippen LogP contribution in [0.3, 0.4) is 0 Å². The van der Waals surface area contributed by atoms with Gasteiger partial charge in [0.2, 0.25) is 0 Å². The second kappa shape index (κ2) is 5.62. The standard InChI is InChI=1S/C17H19N3O2S/c21-10-17(7-12-3-1-2-4-13(12)8-17)20-15(22)19-16-18-14(9-23-16)11-5-6-11/h1-4,9,11,21H,5-8,10H2,(H2,18,19,20,22). The number of nitrogens with one attached hydrogen (secondary N) is 2. The number of thiazole rings is 1. The SMILES string of the molecule is O=C(Nc1nc(C2CC2)cs1)NC1(CO)Cc2ccccc2C1. The van der Waals surface area contributed by atoms with Gasteiger partial charge in [0.1, 0.15) is 0 Å². The van der Waals surface area contributed by atoms with E-state index in [2.05, 4.69) is 27.8 Å². The van der Waals surface area contributed by atoms with Crippen LogP contribution in [-0.2, 0) is 12.8 Å². The summed E-state index contributed by atoms with van der Waals surface area (Å²) in [4.78, 5) is 16.8. The average Bonchev–Trinajstić information content (AvgIpc) is 3.18. The monoisotopic (exact) mass is 329 g/mol. The van der Waals surface area contributed by atoms with Gasteiger partial charge in [0.25, 0.3) is 0 Å². The summed E-state index contributed by atoms with van der Waals surface area (Å²) in [5.74, 6) is 0.581. The van der Waals surface area contributed by atoms with E-state index in [1.54, 1.807) is 0 Å². The summed E-state index contributed by atoms with van der Waals surface area (Å²) in [5, 5.41) is 18.2. The van der Waals surface area contributed by atoms with E-state index in [0.29, 0.717) is 23.9 Å². The highest BCUT2D eigenvalue weighted by molar-refractivity contribution is 7.13. The molecule has 1 heterocycles. The number of amides is 2. The number of rotatable bonds is 4. The number of carbonyl (C=O) groups is 1. The molecule has 4 rings (SSSR count). The lowest BCUT2D eigenvalue weighted by molar-refractivity contribution is 0.169. The van der Waals surface area contributed by atoms with E-state index in [4.69, 9.17) is 0 Å². The van der Waals surface area contributed by atoms with Crippen molar-refractivity contribution < 1.29 is 9.90 Å². The van der Waals surface area contributed by atoms with Crippen molar-refractivity contribution in [3.05, 3.63) is 46.5 Å². The number of fused-ring (bicyclic) bond motifs is 1. The Kier molecular flexibility index (Phi) is 3.58. The van der Waals surface area contributed by atoms with Crippen LogP contribution in [0.4, 0.5) is 9.93 Å². The Balaban J connectivity index is 1.42. The molecule has 1 fully saturated rings. The van der Waals surface area contributed by atoms with Crippen molar-refractivity contribution in [1.29, 1.82) is 0 Å². The van der Waals surface area contributed by atoms with Gasteiger partial charge in [-0.05, 0) is 36.8 Å². The third kappa shape index (κ3) is 2.96. The molecule has 0 saturated heterocycles. The summed E-state index contributed by atoms with van der Waals surface area (Å²) < 4.78 is 0. The number of urea groups is 1. The minimum atomic E-state index is -0.621. The van der Waals surface area contributed by atoms with E-state index in [1.165, 1.54) is 35.3 Å². The Hall–Kier alpha value is -1.92. The first kappa shape index (κ1) is 14.7. The van der Waals surface area contributed by atoms with Gasteiger partial charge in [0.05, 0.1) is 17.8 Å². The van der Waals surface area contributed by atoms with Gasteiger partial charge in [0.15, 0.2) is 5.13 Å². The summed E-state index contributed by atoms with van der Waals surface area (Å²) in [6.07, 6.45) is 3.69. The van der Waals surface area contributed by atoms with Gasteiger partial charge in [-0.25, -0.2) is 9.78 Å². The van der Waals surface area contributed by atoms with Gasteiger partial charge in [0, 0.05) is 11.3 Å². The van der Waals surface area contributed by atoms with Crippen molar-refractivity contribution in [3.63, 3.8) is 0 Å². The van der Waals surface area contributed by atoms with Crippen molar-refractivity contribution in [3.8, 4) is 0 Å². The summed E-state index contributed by atoms with van der Waals surface area (Å²) in [6, 6.07) is 7.77. The van der Waals surface area contributed by atoms with Crippen LogP contribution in [-0.4, -0.2) is 28.3 Å². The fourth-order valence-corrected chi connectivity index (χ4v) is 4.00. The maximum Gasteiger partial charge on any atom is 0.321 e. The largest absolute Gasteiger partial charge is 0.394 e. The van der Waals surface area contributed by atoms with Crippen LogP contribution in [0.1, 0.15) is 35.6 Å². The van der Waals surface area contributed by atoms with Crippen molar-refractivity contribution in [2.75, 3.05) is 11.9 Å². The lowest BCUT2D eigenvalue weighted by Crippen LogP contribution is -2.53. The molecule has 0 unspecified atom stereocenters. The van der Waals surface area contributed by atoms with Gasteiger partial charge in [-0.3, -0.25) is 5.32 Å². The molecule has 3 N–H and O–H groups in total. The molecular weight excluding hydrogens is 310 g/mol. The smallest absolute Gasteiger partial charge is 0.321 e. The summed E-state index contributed by atoms with van der Waals surface area (Å²) >= 11 is 1.45. The second-order valence-corrected chi connectivity index (χ2v) is 7.35. The highest BCUT2D eigenvalue weighted by atomic mass is 32.1. The first-order valence-corrected chi connectivity index (χ1v) is 8.78. The molecule has 0 spiro atoms. The van der Waals surface area contributed by atoms with Crippen molar-refractivity contribution in [2.45, 2.75) is 37.1 Å². The number of hydrogen-bond acceptors (Lipinski definition) is 4. The minimum Gasteiger partial charge on any atom is -0.394 e. The average molecular weight is 329 g/mol. The van der Waals surface area contributed by atoms with Crippen LogP contribution in [0.5, 0.6) is 0 Å². The number of aliphatic hydroxyl groups excluding tert-OH is 1. The molecule has 120 valence electrons. The zero-order valence-electron chi connectivity index (χ0n) is 12.7. The highest BCUT2D eigenvalue weighted by Gasteiger charge is 2.38. The van der Waals surface area contributed by atoms with Crippen LogP contribution in [0.25, 0.3) is 0 Å². The van der Waals surface area contributed by atoms with Crippen molar-refractivity contribution >= 4 is 22.5 Å². The molecule has 1 aromatic carbocycles. The lowest BCUT2D eigenvalue weighted by atomic mass is 9.97. The number of carbonyl (C=O) groups excluding carboxylic acids is 1. The first-order valence-electron chi connectivity index (χ1n) is 7.90. The maximum absolute atomic E-state index is 12.3. The fourth-order valence-electron chi connectivity index (χ4n) is 3.21. The van der Waals surface area contributed by atoms with E-state index in [-0.39, 0.29) is 12.6 Å². The molecular formula is C17H19N3O2S. The van der Waals surface area contributed by atoms with Crippen LogP contribution in [0.15, 0.2) is 29.6 Å². The summed E-state index contributed by atoms with van der Waals surface area (Å²) in [7, 11) is 0. The second-order valence-electron chi connectivity index (χ2n) is 6.49. The predicted octanol–water partition coefficient (Wildman–Crippen LogP) is 2.67. The van der Waals surface area contributed by atoms with Crippen LogP contribution in [0.2, 0.25) is 0 Å². The van der Waals surface area contributed by atoms with Crippen molar-refractivity contribution in [2.24, 2.45) is 0 Å². The molecule has 2 aromatic rings. The van der Waals surface area contributed by atoms with Gasteiger partial charge >= 0.3 is 6.03 Å². The Morgan fingerprint density at radius 1 is 1.30 bits per heavy atom. The van der Waals surface area contributed by atoms with E-state index in [0.717, 1.165) is 5.69 Å². The molecule has 23 heavy (non-hydrogen) atoms. The maximum atomic E-state index is 12.3. The molecule has 0 aliphatic heterocycles. The van der Waals surface area contributed by atoms with Gasteiger partial charge < -0.3 is 10.4 Å². The minimum absolute atomic E-state index is 0.0830. The van der Waals surface area contributed by atoms with Gasteiger partial charge in [-0.2, -0.15) is 0 Å². The molecule has 2 amide bonds. The number of benzene rings is 1. The number of aliphatic hydroxyl groups is 1. The number of anilines is 1. The van der Waals surface area contributed by atoms with Crippen LogP contribution in [0, 0.1) is 0 Å². The van der Waals surface area contributed by atoms with Crippen molar-refractivity contribution in [1.82, 2.24) is 10.3 Å². The Bertz CT molecular complexity index is 714. The number of aromatic nitrogens is 1. The summed E-state index contributed by atoms with van der Waals surface area (Å²) in [6.45, 7) is -0.0830. The Morgan fingerprint density at radius 2 is 2.00 bits per heavy atom. The molecule has 2 aliphatic rings. The molecule has 2 aliphatic carbocycles. The zero-order valence-corrected chi connectivity index (χ0v) is 13.5. The molecule has 1 aromatic heterocycles. The highest BCUT2D eigenvalue weighted by Crippen LogP contribution is 2.40. The predicted molar refractivity (Wildman–Crippen MR) is 89.9 cm³/mol. The molecule has 5 nitrogen and oxygen atoms in total. The van der Waals surface area contributed by atoms with E-state index in [9.17, 15) is 9.90 Å². The molecule has 0 atom stereocenters. The lowest BCUT2D eigenvalue weighted by Gasteiger charge is -2.27. The third-order valence-corrected chi connectivity index (χ3v) is 5.37. The Labute approximate surface area is 138 Å². The quantitative estimate of drug-likeness (QED) is 0.807. The Morgan fingerprint density at radius 3 is 2.61 bits per heavy atom. The molecule has 0 radical (unpaired) electrons. The van der Waals surface area contributed by atoms with Crippen LogP contribution >= 0.6 is 11.3 Å². The number of nitrogens with zero attached hydrogens (tertiary/aromatic N) is 1. The number of hydrogen-bond donors (Lipinski definition) is 3. The topological polar surface area (TPSA) is 74.2 Å². The third-order valence-electron chi connectivity index (χ3n) is 4.60. The van der Waals surface area contributed by atoms with Crippen LogP contribution < -0.4 is 10.6 Å². The summed E-state index contributed by atoms with van der Waals surface area (Å²) in [5.41, 5.74) is 2.83. The van der Waals surface area contributed by atoms with Gasteiger partial charge in [-0.1, -0.05) is 24.3 Å². The van der Waals surface area contributed by atoms with E-state index in [1.807, 2.05) is 17.5 Å².